The maximum absolute atomic E-state index is 3.63. The zero-order valence-electron chi connectivity index (χ0n) is 8.46. The van der Waals surface area contributed by atoms with Crippen LogP contribution in [-0.2, 0) is 0 Å². The normalized spacial score (nSPS) is 25.9. The van der Waals surface area contributed by atoms with Crippen molar-refractivity contribution in [1.82, 2.24) is 5.32 Å². The first-order valence-corrected chi connectivity index (χ1v) is 6.01. The Morgan fingerprint density at radius 2 is 2.14 bits per heavy atom. The smallest absolute Gasteiger partial charge is 0.0210 e. The molecular weight excluding hydrogens is 238 g/mol. The highest BCUT2D eigenvalue weighted by Gasteiger charge is 2.32. The summed E-state index contributed by atoms with van der Waals surface area (Å²) in [6, 6.07) is 8.61. The van der Waals surface area contributed by atoms with Crippen molar-refractivity contribution < 1.29 is 0 Å². The molecule has 2 atom stereocenters. The highest BCUT2D eigenvalue weighted by atomic mass is 79.9. The minimum absolute atomic E-state index is 0.762. The van der Waals surface area contributed by atoms with Crippen LogP contribution in [0, 0.1) is 5.92 Å². The Balaban J connectivity index is 2.12. The third-order valence-corrected chi connectivity index (χ3v) is 3.91. The van der Waals surface area contributed by atoms with Gasteiger partial charge in [0.2, 0.25) is 0 Å². The second-order valence-electron chi connectivity index (χ2n) is 4.02. The van der Waals surface area contributed by atoms with Crippen molar-refractivity contribution in [3.8, 4) is 0 Å². The molecule has 0 heterocycles. The van der Waals surface area contributed by atoms with Gasteiger partial charge in [0.15, 0.2) is 0 Å². The number of hydrogen-bond donors (Lipinski definition) is 1. The lowest BCUT2D eigenvalue weighted by Crippen LogP contribution is -2.32. The van der Waals surface area contributed by atoms with E-state index >= 15 is 0 Å². The number of nitrogens with one attached hydrogen (secondary N) is 1. The molecule has 1 saturated carbocycles. The Bertz CT molecular complexity index is 311. The van der Waals surface area contributed by atoms with E-state index < -0.39 is 0 Å². The van der Waals surface area contributed by atoms with Gasteiger partial charge in [-0.1, -0.05) is 34.1 Å². The van der Waals surface area contributed by atoms with Crippen molar-refractivity contribution in [3.05, 3.63) is 34.3 Å². The van der Waals surface area contributed by atoms with E-state index in [0.717, 1.165) is 18.4 Å². The summed E-state index contributed by atoms with van der Waals surface area (Å²) in [5.41, 5.74) is 1.49. The molecule has 0 bridgehead atoms. The summed E-state index contributed by atoms with van der Waals surface area (Å²) < 4.78 is 1.27. The lowest BCUT2D eigenvalue weighted by Gasteiger charge is -2.37. The average molecular weight is 254 g/mol. The molecule has 2 unspecified atom stereocenters. The van der Waals surface area contributed by atoms with E-state index in [1.165, 1.54) is 22.9 Å². The molecular formula is C12H16BrN. The molecule has 1 aromatic rings. The van der Waals surface area contributed by atoms with Crippen LogP contribution in [0.25, 0.3) is 0 Å². The molecule has 0 aliphatic heterocycles. The predicted molar refractivity (Wildman–Crippen MR) is 63.5 cm³/mol. The molecule has 0 aromatic heterocycles. The first-order valence-electron chi connectivity index (χ1n) is 5.22. The van der Waals surface area contributed by atoms with Gasteiger partial charge in [-0.05, 0) is 49.9 Å². The molecule has 0 saturated heterocycles. The Labute approximate surface area is 94.0 Å². The Morgan fingerprint density at radius 1 is 1.36 bits per heavy atom. The van der Waals surface area contributed by atoms with E-state index in [9.17, 15) is 0 Å². The lowest BCUT2D eigenvalue weighted by molar-refractivity contribution is 0.250. The predicted octanol–water partition coefficient (Wildman–Crippen LogP) is 3.16. The maximum Gasteiger partial charge on any atom is 0.0210 e. The second kappa shape index (κ2) is 4.45. The van der Waals surface area contributed by atoms with Crippen molar-refractivity contribution in [2.75, 3.05) is 13.6 Å². The largest absolute Gasteiger partial charge is 0.319 e. The van der Waals surface area contributed by atoms with E-state index in [-0.39, 0.29) is 0 Å². The summed E-state index contributed by atoms with van der Waals surface area (Å²) in [5.74, 6) is 1.59. The molecule has 2 heteroatoms. The van der Waals surface area contributed by atoms with Gasteiger partial charge >= 0.3 is 0 Å². The molecule has 14 heavy (non-hydrogen) atoms. The van der Waals surface area contributed by atoms with E-state index in [1.807, 2.05) is 7.05 Å². The van der Waals surface area contributed by atoms with E-state index in [2.05, 4.69) is 45.5 Å². The van der Waals surface area contributed by atoms with Gasteiger partial charge in [-0.2, -0.15) is 0 Å². The summed E-state index contributed by atoms with van der Waals surface area (Å²) in [7, 11) is 2.04. The number of rotatable bonds is 3. The SMILES string of the molecule is CNCC1CCC1c1ccccc1Br. The van der Waals surface area contributed by atoms with Crippen LogP contribution < -0.4 is 5.32 Å². The summed E-state index contributed by atoms with van der Waals surface area (Å²) >= 11 is 3.63. The molecule has 0 radical (unpaired) electrons. The van der Waals surface area contributed by atoms with Crippen LogP contribution >= 0.6 is 15.9 Å². The molecule has 1 fully saturated rings. The van der Waals surface area contributed by atoms with Crippen LogP contribution in [0.2, 0.25) is 0 Å². The summed E-state index contributed by atoms with van der Waals surface area (Å²) in [4.78, 5) is 0. The van der Waals surface area contributed by atoms with Gasteiger partial charge in [0.25, 0.3) is 0 Å². The van der Waals surface area contributed by atoms with Gasteiger partial charge in [0, 0.05) is 4.47 Å². The van der Waals surface area contributed by atoms with Crippen molar-refractivity contribution in [2.45, 2.75) is 18.8 Å². The van der Waals surface area contributed by atoms with Crippen LogP contribution in [0.1, 0.15) is 24.3 Å². The van der Waals surface area contributed by atoms with Crippen molar-refractivity contribution in [1.29, 1.82) is 0 Å². The fourth-order valence-corrected chi connectivity index (χ4v) is 2.84. The number of hydrogen-bond acceptors (Lipinski definition) is 1. The molecule has 0 amide bonds. The van der Waals surface area contributed by atoms with E-state index in [1.54, 1.807) is 0 Å². The molecule has 76 valence electrons. The fourth-order valence-electron chi connectivity index (χ4n) is 2.26. The summed E-state index contributed by atoms with van der Waals surface area (Å²) in [6.45, 7) is 1.14. The van der Waals surface area contributed by atoms with Gasteiger partial charge in [0.05, 0.1) is 0 Å². The van der Waals surface area contributed by atoms with Crippen molar-refractivity contribution in [3.63, 3.8) is 0 Å². The molecule has 2 rings (SSSR count). The van der Waals surface area contributed by atoms with Gasteiger partial charge in [-0.15, -0.1) is 0 Å². The zero-order valence-corrected chi connectivity index (χ0v) is 10.0. The van der Waals surface area contributed by atoms with Gasteiger partial charge in [-0.3, -0.25) is 0 Å². The Morgan fingerprint density at radius 3 is 2.71 bits per heavy atom. The van der Waals surface area contributed by atoms with Crippen molar-refractivity contribution in [2.24, 2.45) is 5.92 Å². The number of benzene rings is 1. The minimum atomic E-state index is 0.762. The molecule has 1 aliphatic rings. The lowest BCUT2D eigenvalue weighted by atomic mass is 9.70. The average Bonchev–Trinajstić information content (AvgIpc) is 2.16. The Kier molecular flexibility index (Phi) is 3.24. The highest BCUT2D eigenvalue weighted by Crippen LogP contribution is 2.44. The summed E-state index contributed by atoms with van der Waals surface area (Å²) in [6.07, 6.45) is 2.71. The Hall–Kier alpha value is -0.340. The fraction of sp³-hybridized carbons (Fsp3) is 0.500. The second-order valence-corrected chi connectivity index (χ2v) is 4.88. The molecule has 0 spiro atoms. The molecule has 1 nitrogen and oxygen atoms in total. The maximum atomic E-state index is 3.63. The zero-order chi connectivity index (χ0) is 9.97. The number of halogens is 1. The van der Waals surface area contributed by atoms with Crippen LogP contribution in [-0.4, -0.2) is 13.6 Å². The molecule has 1 aromatic carbocycles. The van der Waals surface area contributed by atoms with Crippen LogP contribution in [0.5, 0.6) is 0 Å². The monoisotopic (exact) mass is 253 g/mol. The highest BCUT2D eigenvalue weighted by molar-refractivity contribution is 9.10. The van der Waals surface area contributed by atoms with Crippen LogP contribution in [0.15, 0.2) is 28.7 Å². The van der Waals surface area contributed by atoms with Gasteiger partial charge in [-0.25, -0.2) is 0 Å². The minimum Gasteiger partial charge on any atom is -0.319 e. The standard InChI is InChI=1S/C12H16BrN/c1-14-8-9-6-7-10(9)11-4-2-3-5-12(11)13/h2-5,9-10,14H,6-8H2,1H3. The van der Waals surface area contributed by atoms with E-state index in [4.69, 9.17) is 0 Å². The van der Waals surface area contributed by atoms with Crippen LogP contribution in [0.4, 0.5) is 0 Å². The molecule has 1 aliphatic carbocycles. The van der Waals surface area contributed by atoms with Gasteiger partial charge in [0.1, 0.15) is 0 Å². The van der Waals surface area contributed by atoms with Gasteiger partial charge < -0.3 is 5.32 Å². The quantitative estimate of drug-likeness (QED) is 0.873. The van der Waals surface area contributed by atoms with Crippen molar-refractivity contribution >= 4 is 15.9 Å². The third-order valence-electron chi connectivity index (χ3n) is 3.19. The molecule has 1 N–H and O–H groups in total. The topological polar surface area (TPSA) is 12.0 Å². The van der Waals surface area contributed by atoms with E-state index in [0.29, 0.717) is 0 Å². The van der Waals surface area contributed by atoms with Crippen LogP contribution in [0.3, 0.4) is 0 Å². The first kappa shape index (κ1) is 10.2. The summed E-state index contributed by atoms with van der Waals surface area (Å²) in [5, 5.41) is 3.27. The first-order chi connectivity index (χ1) is 6.83. The third kappa shape index (κ3) is 1.86.